The molecule has 1 heterocycles. The van der Waals surface area contributed by atoms with Crippen LogP contribution in [0.4, 0.5) is 0 Å². The second-order valence-electron chi connectivity index (χ2n) is 6.64. The van der Waals surface area contributed by atoms with Crippen LogP contribution in [0.3, 0.4) is 0 Å². The van der Waals surface area contributed by atoms with Crippen molar-refractivity contribution in [3.05, 3.63) is 18.0 Å². The van der Waals surface area contributed by atoms with Crippen molar-refractivity contribution in [1.82, 2.24) is 14.6 Å². The summed E-state index contributed by atoms with van der Waals surface area (Å²) >= 11 is 0. The summed E-state index contributed by atoms with van der Waals surface area (Å²) in [5, 5.41) is 3.37. The summed E-state index contributed by atoms with van der Waals surface area (Å²) in [6.07, 6.45) is 6.41. The molecular weight excluding hydrogens is 286 g/mol. The molecule has 0 atom stereocenters. The predicted molar refractivity (Wildman–Crippen MR) is 82.6 cm³/mol. The SMILES string of the molecule is CC(C)NCc1cc(S(=O)(=O)NCC2CC2)cn1C1CC1. The van der Waals surface area contributed by atoms with Crippen LogP contribution in [0.25, 0.3) is 0 Å². The molecule has 1 aromatic rings. The lowest BCUT2D eigenvalue weighted by molar-refractivity contribution is 0.558. The Morgan fingerprint density at radius 2 is 2.00 bits per heavy atom. The fourth-order valence-electron chi connectivity index (χ4n) is 2.42. The Bertz CT molecular complexity index is 598. The van der Waals surface area contributed by atoms with E-state index in [2.05, 4.69) is 28.5 Å². The minimum atomic E-state index is -3.36. The largest absolute Gasteiger partial charge is 0.346 e. The van der Waals surface area contributed by atoms with Gasteiger partial charge in [-0.1, -0.05) is 13.8 Å². The van der Waals surface area contributed by atoms with Crippen molar-refractivity contribution in [2.24, 2.45) is 5.92 Å². The number of hydrogen-bond donors (Lipinski definition) is 2. The van der Waals surface area contributed by atoms with E-state index in [1.165, 1.54) is 0 Å². The lowest BCUT2D eigenvalue weighted by atomic mass is 10.3. The van der Waals surface area contributed by atoms with Gasteiger partial charge in [0.25, 0.3) is 0 Å². The molecule has 2 aliphatic carbocycles. The average Bonchev–Trinajstić information content (AvgIpc) is 3.32. The van der Waals surface area contributed by atoms with E-state index in [0.29, 0.717) is 36.0 Å². The molecule has 0 unspecified atom stereocenters. The number of aromatic nitrogens is 1. The molecule has 0 radical (unpaired) electrons. The highest BCUT2D eigenvalue weighted by molar-refractivity contribution is 7.89. The zero-order chi connectivity index (χ0) is 15.0. The van der Waals surface area contributed by atoms with E-state index < -0.39 is 10.0 Å². The Kier molecular flexibility index (Phi) is 4.12. The van der Waals surface area contributed by atoms with Gasteiger partial charge in [-0.3, -0.25) is 0 Å². The molecule has 6 heteroatoms. The van der Waals surface area contributed by atoms with E-state index in [-0.39, 0.29) is 0 Å². The van der Waals surface area contributed by atoms with Crippen molar-refractivity contribution in [3.63, 3.8) is 0 Å². The minimum absolute atomic E-state index is 0.389. The molecule has 21 heavy (non-hydrogen) atoms. The van der Waals surface area contributed by atoms with Crippen LogP contribution in [-0.4, -0.2) is 25.6 Å². The van der Waals surface area contributed by atoms with E-state index in [9.17, 15) is 8.42 Å². The van der Waals surface area contributed by atoms with Gasteiger partial charge in [-0.15, -0.1) is 0 Å². The number of nitrogens with one attached hydrogen (secondary N) is 2. The van der Waals surface area contributed by atoms with Crippen LogP contribution in [0.15, 0.2) is 17.2 Å². The molecule has 2 aliphatic rings. The maximum absolute atomic E-state index is 12.4. The van der Waals surface area contributed by atoms with Crippen LogP contribution >= 0.6 is 0 Å². The van der Waals surface area contributed by atoms with Crippen LogP contribution in [0.1, 0.15) is 51.3 Å². The minimum Gasteiger partial charge on any atom is -0.346 e. The molecule has 0 spiro atoms. The van der Waals surface area contributed by atoms with Crippen LogP contribution < -0.4 is 10.0 Å². The van der Waals surface area contributed by atoms with Gasteiger partial charge in [-0.25, -0.2) is 13.1 Å². The number of sulfonamides is 1. The number of rotatable bonds is 8. The standard InChI is InChI=1S/C15H25N3O2S/c1-11(2)16-9-14-7-15(10-18(14)13-5-6-13)21(19,20)17-8-12-3-4-12/h7,10-13,16-17H,3-6,8-9H2,1-2H3. The first-order chi connectivity index (χ1) is 9.95. The monoisotopic (exact) mass is 311 g/mol. The van der Waals surface area contributed by atoms with Crippen LogP contribution in [0.5, 0.6) is 0 Å². The lowest BCUT2D eigenvalue weighted by Gasteiger charge is -2.10. The Hall–Kier alpha value is -0.850. The van der Waals surface area contributed by atoms with Crippen molar-refractivity contribution in [1.29, 1.82) is 0 Å². The molecule has 2 N–H and O–H groups in total. The first kappa shape index (κ1) is 15.1. The van der Waals surface area contributed by atoms with Crippen LogP contribution in [-0.2, 0) is 16.6 Å². The third kappa shape index (κ3) is 3.87. The van der Waals surface area contributed by atoms with Gasteiger partial charge in [0.1, 0.15) is 0 Å². The third-order valence-corrected chi connectivity index (χ3v) is 5.50. The van der Waals surface area contributed by atoms with Crippen LogP contribution in [0, 0.1) is 5.92 Å². The van der Waals surface area contributed by atoms with Crippen molar-refractivity contribution in [2.45, 2.75) is 63.1 Å². The highest BCUT2D eigenvalue weighted by Crippen LogP contribution is 2.37. The molecule has 2 saturated carbocycles. The molecule has 5 nitrogen and oxygen atoms in total. The Balaban J connectivity index is 1.76. The fraction of sp³-hybridized carbons (Fsp3) is 0.733. The van der Waals surface area contributed by atoms with E-state index in [4.69, 9.17) is 0 Å². The summed E-state index contributed by atoms with van der Waals surface area (Å²) in [5.74, 6) is 0.548. The first-order valence-corrected chi connectivity index (χ1v) is 9.38. The van der Waals surface area contributed by atoms with Gasteiger partial charge >= 0.3 is 0 Å². The van der Waals surface area contributed by atoms with Gasteiger partial charge < -0.3 is 9.88 Å². The normalized spacial score (nSPS) is 19.4. The van der Waals surface area contributed by atoms with Gasteiger partial charge in [-0.2, -0.15) is 0 Å². The molecule has 0 aromatic carbocycles. The maximum Gasteiger partial charge on any atom is 0.242 e. The summed E-state index contributed by atoms with van der Waals surface area (Å²) < 4.78 is 29.6. The highest BCUT2D eigenvalue weighted by Gasteiger charge is 2.29. The van der Waals surface area contributed by atoms with Crippen molar-refractivity contribution in [2.75, 3.05) is 6.54 Å². The van der Waals surface area contributed by atoms with Gasteiger partial charge in [0.15, 0.2) is 0 Å². The van der Waals surface area contributed by atoms with E-state index >= 15 is 0 Å². The quantitative estimate of drug-likeness (QED) is 0.772. The first-order valence-electron chi connectivity index (χ1n) is 7.89. The Morgan fingerprint density at radius 3 is 2.57 bits per heavy atom. The van der Waals surface area contributed by atoms with Gasteiger partial charge in [0.05, 0.1) is 4.90 Å². The molecule has 2 fully saturated rings. The molecule has 0 amide bonds. The molecular formula is C15H25N3O2S. The van der Waals surface area contributed by atoms with E-state index in [1.54, 1.807) is 0 Å². The Labute approximate surface area is 127 Å². The van der Waals surface area contributed by atoms with Crippen molar-refractivity contribution >= 4 is 10.0 Å². The molecule has 1 aromatic heterocycles. The van der Waals surface area contributed by atoms with Crippen molar-refractivity contribution < 1.29 is 8.42 Å². The van der Waals surface area contributed by atoms with E-state index in [0.717, 1.165) is 31.4 Å². The summed E-state index contributed by atoms with van der Waals surface area (Å²) in [7, 11) is -3.36. The van der Waals surface area contributed by atoms with Crippen LogP contribution in [0.2, 0.25) is 0 Å². The highest BCUT2D eigenvalue weighted by atomic mass is 32.2. The summed E-state index contributed by atoms with van der Waals surface area (Å²) in [5.41, 5.74) is 1.07. The molecule has 0 bridgehead atoms. The van der Waals surface area contributed by atoms with Crippen molar-refractivity contribution in [3.8, 4) is 0 Å². The maximum atomic E-state index is 12.4. The number of hydrogen-bond acceptors (Lipinski definition) is 3. The Morgan fingerprint density at radius 1 is 1.29 bits per heavy atom. The van der Waals surface area contributed by atoms with Gasteiger partial charge in [0, 0.05) is 37.1 Å². The summed E-state index contributed by atoms with van der Waals surface area (Å²) in [4.78, 5) is 0.413. The van der Waals surface area contributed by atoms with E-state index in [1.807, 2.05) is 12.3 Å². The summed E-state index contributed by atoms with van der Waals surface area (Å²) in [6.45, 7) is 5.49. The van der Waals surface area contributed by atoms with Gasteiger partial charge in [0.2, 0.25) is 10.0 Å². The molecule has 118 valence electrons. The second-order valence-corrected chi connectivity index (χ2v) is 8.40. The average molecular weight is 311 g/mol. The predicted octanol–water partition coefficient (Wildman–Crippen LogP) is 2.01. The smallest absolute Gasteiger partial charge is 0.242 e. The summed E-state index contributed by atoms with van der Waals surface area (Å²) in [6, 6.07) is 2.70. The zero-order valence-electron chi connectivity index (χ0n) is 12.8. The molecule has 0 aliphatic heterocycles. The third-order valence-electron chi connectivity index (χ3n) is 4.11. The van der Waals surface area contributed by atoms with Gasteiger partial charge in [-0.05, 0) is 37.7 Å². The topological polar surface area (TPSA) is 63.1 Å². The number of nitrogens with zero attached hydrogens (tertiary/aromatic N) is 1. The molecule has 0 saturated heterocycles. The fourth-order valence-corrected chi connectivity index (χ4v) is 3.58. The lowest BCUT2D eigenvalue weighted by Crippen LogP contribution is -2.25. The second kappa shape index (κ2) is 5.74. The zero-order valence-corrected chi connectivity index (χ0v) is 13.6. The molecule has 3 rings (SSSR count).